The van der Waals surface area contributed by atoms with Crippen molar-refractivity contribution in [3.8, 4) is 0 Å². The second kappa shape index (κ2) is 4.68. The predicted molar refractivity (Wildman–Crippen MR) is 71.0 cm³/mol. The molecule has 1 unspecified atom stereocenters. The number of primary sulfonamides is 1. The van der Waals surface area contributed by atoms with Crippen LogP contribution in [0.4, 0.5) is 0 Å². The molecule has 0 saturated carbocycles. The third-order valence-electron chi connectivity index (χ3n) is 3.06. The summed E-state index contributed by atoms with van der Waals surface area (Å²) < 4.78 is 28.2. The number of hydrogen-bond donors (Lipinski definition) is 1. The lowest BCUT2D eigenvalue weighted by molar-refractivity contribution is 0.103. The first-order chi connectivity index (χ1) is 8.48. The second-order valence-corrected chi connectivity index (χ2v) is 5.90. The Morgan fingerprint density at radius 1 is 1.28 bits per heavy atom. The van der Waals surface area contributed by atoms with Crippen LogP contribution >= 0.6 is 0 Å². The maximum absolute atomic E-state index is 11.6. The molecule has 0 aliphatic heterocycles. The van der Waals surface area contributed by atoms with E-state index in [0.717, 1.165) is 11.1 Å². The molecule has 2 N–H and O–H groups in total. The van der Waals surface area contributed by atoms with Gasteiger partial charge in [-0.3, -0.25) is 0 Å². The van der Waals surface area contributed by atoms with Gasteiger partial charge in [0.05, 0.1) is 0 Å². The molecule has 1 aliphatic carbocycles. The molecule has 0 spiro atoms. The van der Waals surface area contributed by atoms with E-state index in [9.17, 15) is 8.42 Å². The normalized spacial score (nSPS) is 23.8. The van der Waals surface area contributed by atoms with E-state index < -0.39 is 15.0 Å². The Hall–Kier alpha value is -1.43. The smallest absolute Gasteiger partial charge is 0.243 e. The summed E-state index contributed by atoms with van der Waals surface area (Å²) in [6.07, 6.45) is 5.27. The maximum Gasteiger partial charge on any atom is 0.243 e. The summed E-state index contributed by atoms with van der Waals surface area (Å²) in [5.41, 5.74) is 2.00. The summed E-state index contributed by atoms with van der Waals surface area (Å²) in [5.74, 6) is 0. The summed E-state index contributed by atoms with van der Waals surface area (Å²) in [4.78, 5) is -1.44. The molecule has 4 nitrogen and oxygen atoms in total. The fraction of sp³-hybridized carbons (Fsp3) is 0.231. The van der Waals surface area contributed by atoms with Gasteiger partial charge in [-0.15, -0.1) is 0 Å². The Balaban J connectivity index is 2.32. The summed E-state index contributed by atoms with van der Waals surface area (Å²) in [7, 11) is -2.45. The van der Waals surface area contributed by atoms with Gasteiger partial charge in [-0.2, -0.15) is 0 Å². The van der Waals surface area contributed by atoms with Crippen LogP contribution in [0.2, 0.25) is 0 Å². The zero-order valence-electron chi connectivity index (χ0n) is 10.0. The van der Waals surface area contributed by atoms with Crippen molar-refractivity contribution in [1.82, 2.24) is 0 Å². The average molecular weight is 265 g/mol. The third-order valence-corrected chi connectivity index (χ3v) is 4.49. The molecule has 0 saturated heterocycles. The highest BCUT2D eigenvalue weighted by Crippen LogP contribution is 2.31. The molecular weight excluding hydrogens is 250 g/mol. The number of ether oxygens (including phenoxy) is 1. The molecule has 0 aromatic heterocycles. The van der Waals surface area contributed by atoms with Gasteiger partial charge in [0.15, 0.2) is 0 Å². The van der Waals surface area contributed by atoms with Gasteiger partial charge in [0.25, 0.3) is 0 Å². The van der Waals surface area contributed by atoms with Crippen molar-refractivity contribution in [2.45, 2.75) is 11.4 Å². The van der Waals surface area contributed by atoms with Crippen LogP contribution in [0.5, 0.6) is 0 Å². The number of methoxy groups -OCH3 is 1. The lowest BCUT2D eigenvalue weighted by atomic mass is 9.98. The van der Waals surface area contributed by atoms with E-state index in [1.54, 1.807) is 6.08 Å². The van der Waals surface area contributed by atoms with Crippen molar-refractivity contribution in [2.75, 3.05) is 7.11 Å². The van der Waals surface area contributed by atoms with Gasteiger partial charge in [-0.25, -0.2) is 13.6 Å². The van der Waals surface area contributed by atoms with Crippen molar-refractivity contribution < 1.29 is 13.2 Å². The van der Waals surface area contributed by atoms with Crippen molar-refractivity contribution in [1.29, 1.82) is 0 Å². The van der Waals surface area contributed by atoms with Crippen LogP contribution in [0.1, 0.15) is 12.0 Å². The number of hydrogen-bond acceptors (Lipinski definition) is 3. The van der Waals surface area contributed by atoms with Gasteiger partial charge in [0.1, 0.15) is 0 Å². The van der Waals surface area contributed by atoms with Crippen molar-refractivity contribution in [3.05, 3.63) is 54.1 Å². The first-order valence-electron chi connectivity index (χ1n) is 5.51. The molecule has 1 aromatic rings. The largest absolute Gasteiger partial charge is 0.357 e. The number of rotatable bonds is 3. The van der Waals surface area contributed by atoms with E-state index in [1.807, 2.05) is 36.4 Å². The van der Waals surface area contributed by atoms with E-state index in [1.165, 1.54) is 13.2 Å². The predicted octanol–water partition coefficient (Wildman–Crippen LogP) is 1.66. The van der Waals surface area contributed by atoms with E-state index in [4.69, 9.17) is 9.88 Å². The highest BCUT2D eigenvalue weighted by Gasteiger charge is 2.39. The number of allylic oxidation sites excluding steroid dienone is 2. The quantitative estimate of drug-likeness (QED) is 0.903. The van der Waals surface area contributed by atoms with Crippen molar-refractivity contribution >= 4 is 15.6 Å². The number of nitrogens with two attached hydrogens (primary N) is 1. The number of benzene rings is 1. The molecule has 1 atom stereocenters. The SMILES string of the molecule is COC1(S(N)(=O)=O)C=CC(c2ccccc2)=CC1. The summed E-state index contributed by atoms with van der Waals surface area (Å²) in [5, 5.41) is 5.21. The van der Waals surface area contributed by atoms with Gasteiger partial charge in [0, 0.05) is 13.5 Å². The molecule has 0 fully saturated rings. The molecule has 2 rings (SSSR count). The van der Waals surface area contributed by atoms with Crippen LogP contribution in [0.15, 0.2) is 48.6 Å². The van der Waals surface area contributed by atoms with E-state index in [0.29, 0.717) is 0 Å². The Kier molecular flexibility index (Phi) is 3.38. The van der Waals surface area contributed by atoms with Crippen LogP contribution in [0, 0.1) is 0 Å². The first-order valence-corrected chi connectivity index (χ1v) is 7.05. The minimum absolute atomic E-state index is 0.211. The Labute approximate surface area is 107 Å². The minimum atomic E-state index is -3.80. The van der Waals surface area contributed by atoms with Gasteiger partial charge < -0.3 is 4.74 Å². The Bertz CT molecular complexity index is 590. The maximum atomic E-state index is 11.6. The highest BCUT2D eigenvalue weighted by molar-refractivity contribution is 7.90. The standard InChI is InChI=1S/C13H15NO3S/c1-17-13(18(14,15)16)9-7-12(8-10-13)11-5-3-2-4-6-11/h2-9H,10H2,1H3,(H2,14,15,16). The lowest BCUT2D eigenvalue weighted by Crippen LogP contribution is -2.43. The number of sulfonamides is 1. The van der Waals surface area contributed by atoms with Crippen LogP contribution in [-0.4, -0.2) is 20.5 Å². The lowest BCUT2D eigenvalue weighted by Gasteiger charge is -2.28. The molecule has 1 aromatic carbocycles. The van der Waals surface area contributed by atoms with Gasteiger partial charge in [0.2, 0.25) is 15.0 Å². The van der Waals surface area contributed by atoms with Gasteiger partial charge in [-0.1, -0.05) is 42.5 Å². The average Bonchev–Trinajstić information content (AvgIpc) is 2.38. The van der Waals surface area contributed by atoms with E-state index >= 15 is 0 Å². The monoisotopic (exact) mass is 265 g/mol. The second-order valence-electron chi connectivity index (χ2n) is 4.12. The zero-order chi connectivity index (χ0) is 13.2. The Morgan fingerprint density at radius 2 is 1.94 bits per heavy atom. The van der Waals surface area contributed by atoms with Crippen LogP contribution in [-0.2, 0) is 14.8 Å². The zero-order valence-corrected chi connectivity index (χ0v) is 10.9. The van der Waals surface area contributed by atoms with Crippen molar-refractivity contribution in [2.24, 2.45) is 5.14 Å². The molecule has 0 radical (unpaired) electrons. The molecule has 0 heterocycles. The van der Waals surface area contributed by atoms with Gasteiger partial charge >= 0.3 is 0 Å². The van der Waals surface area contributed by atoms with Gasteiger partial charge in [-0.05, 0) is 17.2 Å². The van der Waals surface area contributed by atoms with E-state index in [-0.39, 0.29) is 6.42 Å². The topological polar surface area (TPSA) is 69.4 Å². The fourth-order valence-corrected chi connectivity index (χ4v) is 2.73. The van der Waals surface area contributed by atoms with Crippen LogP contribution in [0.25, 0.3) is 5.57 Å². The molecule has 5 heteroatoms. The Morgan fingerprint density at radius 3 is 2.39 bits per heavy atom. The molecule has 96 valence electrons. The molecule has 18 heavy (non-hydrogen) atoms. The molecule has 0 amide bonds. The summed E-state index contributed by atoms with van der Waals surface area (Å²) in [6, 6.07) is 9.73. The minimum Gasteiger partial charge on any atom is -0.357 e. The van der Waals surface area contributed by atoms with Crippen LogP contribution in [0.3, 0.4) is 0 Å². The van der Waals surface area contributed by atoms with Crippen LogP contribution < -0.4 is 5.14 Å². The summed E-state index contributed by atoms with van der Waals surface area (Å²) in [6.45, 7) is 0. The third kappa shape index (κ3) is 2.25. The molecule has 1 aliphatic rings. The molecule has 0 bridgehead atoms. The fourth-order valence-electron chi connectivity index (χ4n) is 1.93. The van der Waals surface area contributed by atoms with E-state index in [2.05, 4.69) is 0 Å². The van der Waals surface area contributed by atoms with Crippen molar-refractivity contribution in [3.63, 3.8) is 0 Å². The summed E-state index contributed by atoms with van der Waals surface area (Å²) >= 11 is 0. The molecular formula is C13H15NO3S. The highest BCUT2D eigenvalue weighted by atomic mass is 32.2. The first kappa shape index (κ1) is 13.0.